The summed E-state index contributed by atoms with van der Waals surface area (Å²) in [6.07, 6.45) is 3.37. The Bertz CT molecular complexity index is 647. The molecule has 114 valence electrons. The zero-order chi connectivity index (χ0) is 15.4. The molecule has 1 fully saturated rings. The van der Waals surface area contributed by atoms with Crippen LogP contribution in [0.25, 0.3) is 0 Å². The number of methoxy groups -OCH3 is 1. The molecular weight excluding hydrogens is 274 g/mol. The standard InChI is InChI=1S/C19H21NO2/c1-22-17-11-6-5-10-16(17)19(12-7-13-19)14-20-18(21)15-8-3-2-4-9-15/h2-6,8-11H,7,12-14H2,1H3,(H,20,21). The Kier molecular flexibility index (Phi) is 4.14. The molecule has 0 bridgehead atoms. The van der Waals surface area contributed by atoms with E-state index in [0.717, 1.165) is 18.6 Å². The van der Waals surface area contributed by atoms with Gasteiger partial charge in [0.05, 0.1) is 7.11 Å². The molecule has 0 atom stereocenters. The van der Waals surface area contributed by atoms with E-state index in [9.17, 15) is 4.79 Å². The van der Waals surface area contributed by atoms with Crippen molar-refractivity contribution in [3.8, 4) is 5.75 Å². The van der Waals surface area contributed by atoms with Gasteiger partial charge in [-0.3, -0.25) is 4.79 Å². The molecule has 2 aromatic rings. The summed E-state index contributed by atoms with van der Waals surface area (Å²) in [4.78, 5) is 12.3. The summed E-state index contributed by atoms with van der Waals surface area (Å²) in [5.74, 6) is 0.901. The number of hydrogen-bond donors (Lipinski definition) is 1. The first-order valence-electron chi connectivity index (χ1n) is 7.72. The molecule has 3 heteroatoms. The molecule has 0 heterocycles. The smallest absolute Gasteiger partial charge is 0.251 e. The third kappa shape index (κ3) is 2.71. The minimum absolute atomic E-state index is 0.0110. The number of benzene rings is 2. The third-order valence-electron chi connectivity index (χ3n) is 4.61. The predicted molar refractivity (Wildman–Crippen MR) is 87.3 cm³/mol. The minimum atomic E-state index is -0.0122. The maximum Gasteiger partial charge on any atom is 0.251 e. The lowest BCUT2D eigenvalue weighted by Gasteiger charge is -2.43. The van der Waals surface area contributed by atoms with Crippen LogP contribution in [0.3, 0.4) is 0 Å². The van der Waals surface area contributed by atoms with Gasteiger partial charge in [0.2, 0.25) is 0 Å². The quantitative estimate of drug-likeness (QED) is 0.916. The molecule has 1 saturated carbocycles. The molecule has 0 aliphatic heterocycles. The third-order valence-corrected chi connectivity index (χ3v) is 4.61. The van der Waals surface area contributed by atoms with Crippen LogP contribution < -0.4 is 10.1 Å². The fourth-order valence-electron chi connectivity index (χ4n) is 3.17. The van der Waals surface area contributed by atoms with Gasteiger partial charge in [0.1, 0.15) is 5.75 Å². The normalized spacial score (nSPS) is 15.7. The molecule has 2 aromatic carbocycles. The van der Waals surface area contributed by atoms with Crippen LogP contribution in [0.5, 0.6) is 5.75 Å². The molecule has 0 aromatic heterocycles. The summed E-state index contributed by atoms with van der Waals surface area (Å²) in [7, 11) is 1.70. The molecule has 22 heavy (non-hydrogen) atoms. The van der Waals surface area contributed by atoms with Gasteiger partial charge in [-0.25, -0.2) is 0 Å². The number of rotatable bonds is 5. The van der Waals surface area contributed by atoms with E-state index in [2.05, 4.69) is 11.4 Å². The van der Waals surface area contributed by atoms with Crippen LogP contribution in [-0.2, 0) is 5.41 Å². The fourth-order valence-corrected chi connectivity index (χ4v) is 3.17. The Morgan fingerprint density at radius 3 is 2.41 bits per heavy atom. The summed E-state index contributed by atoms with van der Waals surface area (Å²) >= 11 is 0. The molecule has 1 aliphatic rings. The second-order valence-corrected chi connectivity index (χ2v) is 5.88. The van der Waals surface area contributed by atoms with Crippen LogP contribution in [0.4, 0.5) is 0 Å². The number of carbonyl (C=O) groups excluding carboxylic acids is 1. The lowest BCUT2D eigenvalue weighted by atomic mass is 9.64. The Balaban J connectivity index is 1.76. The van der Waals surface area contributed by atoms with Gasteiger partial charge in [0.15, 0.2) is 0 Å². The summed E-state index contributed by atoms with van der Waals surface area (Å²) in [5.41, 5.74) is 1.92. The van der Waals surface area contributed by atoms with Gasteiger partial charge in [-0.05, 0) is 31.0 Å². The van der Waals surface area contributed by atoms with Crippen molar-refractivity contribution in [2.24, 2.45) is 0 Å². The average Bonchev–Trinajstić information content (AvgIpc) is 2.55. The molecule has 3 nitrogen and oxygen atoms in total. The second-order valence-electron chi connectivity index (χ2n) is 5.88. The van der Waals surface area contributed by atoms with Crippen LogP contribution in [0.15, 0.2) is 54.6 Å². The highest BCUT2D eigenvalue weighted by molar-refractivity contribution is 5.94. The van der Waals surface area contributed by atoms with E-state index in [0.29, 0.717) is 12.1 Å². The van der Waals surface area contributed by atoms with Gasteiger partial charge in [-0.2, -0.15) is 0 Å². The summed E-state index contributed by atoms with van der Waals surface area (Å²) in [6.45, 7) is 0.654. The molecule has 1 aliphatic carbocycles. The van der Waals surface area contributed by atoms with Gasteiger partial charge in [-0.1, -0.05) is 42.8 Å². The Morgan fingerprint density at radius 1 is 1.09 bits per heavy atom. The summed E-state index contributed by atoms with van der Waals surface area (Å²) < 4.78 is 5.51. The zero-order valence-electron chi connectivity index (χ0n) is 12.8. The maximum absolute atomic E-state index is 12.3. The lowest BCUT2D eigenvalue weighted by Crippen LogP contribution is -2.45. The molecule has 1 amide bonds. The van der Waals surface area contributed by atoms with Crippen LogP contribution in [0, 0.1) is 0 Å². The molecule has 0 radical (unpaired) electrons. The van der Waals surface area contributed by atoms with Crippen molar-refractivity contribution >= 4 is 5.91 Å². The van der Waals surface area contributed by atoms with Crippen molar-refractivity contribution in [3.63, 3.8) is 0 Å². The zero-order valence-corrected chi connectivity index (χ0v) is 12.8. The van der Waals surface area contributed by atoms with Crippen molar-refractivity contribution in [1.29, 1.82) is 0 Å². The fraction of sp³-hybridized carbons (Fsp3) is 0.316. The van der Waals surface area contributed by atoms with Gasteiger partial charge < -0.3 is 10.1 Å². The van der Waals surface area contributed by atoms with E-state index in [-0.39, 0.29) is 11.3 Å². The monoisotopic (exact) mass is 295 g/mol. The number of ether oxygens (including phenoxy) is 1. The van der Waals surface area contributed by atoms with Gasteiger partial charge in [-0.15, -0.1) is 0 Å². The van der Waals surface area contributed by atoms with E-state index >= 15 is 0 Å². The van der Waals surface area contributed by atoms with E-state index < -0.39 is 0 Å². The predicted octanol–water partition coefficient (Wildman–Crippen LogP) is 3.55. The minimum Gasteiger partial charge on any atom is -0.496 e. The van der Waals surface area contributed by atoms with Gasteiger partial charge in [0, 0.05) is 23.1 Å². The first-order chi connectivity index (χ1) is 10.7. The average molecular weight is 295 g/mol. The first-order valence-corrected chi connectivity index (χ1v) is 7.72. The van der Waals surface area contributed by atoms with Crippen LogP contribution in [-0.4, -0.2) is 19.6 Å². The lowest BCUT2D eigenvalue weighted by molar-refractivity contribution is 0.0927. The molecule has 0 saturated heterocycles. The molecular formula is C19H21NO2. The van der Waals surface area contributed by atoms with Crippen LogP contribution in [0.2, 0.25) is 0 Å². The van der Waals surface area contributed by atoms with Crippen molar-refractivity contribution in [2.75, 3.05) is 13.7 Å². The summed E-state index contributed by atoms with van der Waals surface area (Å²) in [5, 5.41) is 3.10. The molecule has 0 spiro atoms. The molecule has 3 rings (SSSR count). The van der Waals surface area contributed by atoms with E-state index in [1.54, 1.807) is 7.11 Å². The topological polar surface area (TPSA) is 38.3 Å². The number of amides is 1. The van der Waals surface area contributed by atoms with Crippen molar-refractivity contribution in [1.82, 2.24) is 5.32 Å². The van der Waals surface area contributed by atoms with Crippen molar-refractivity contribution < 1.29 is 9.53 Å². The van der Waals surface area contributed by atoms with Crippen molar-refractivity contribution in [3.05, 3.63) is 65.7 Å². The molecule has 1 N–H and O–H groups in total. The Hall–Kier alpha value is -2.29. The molecule has 0 unspecified atom stereocenters. The highest BCUT2D eigenvalue weighted by Crippen LogP contribution is 2.46. The number of carbonyl (C=O) groups is 1. The second kappa shape index (κ2) is 6.22. The van der Waals surface area contributed by atoms with Gasteiger partial charge >= 0.3 is 0 Å². The first kappa shape index (κ1) is 14.6. The summed E-state index contributed by atoms with van der Waals surface area (Å²) in [6, 6.07) is 17.5. The van der Waals surface area contributed by atoms with Crippen LogP contribution >= 0.6 is 0 Å². The SMILES string of the molecule is COc1ccccc1C1(CNC(=O)c2ccccc2)CCC1. The Morgan fingerprint density at radius 2 is 1.77 bits per heavy atom. The Labute approximate surface area is 131 Å². The van der Waals surface area contributed by atoms with E-state index in [1.165, 1.54) is 12.0 Å². The number of hydrogen-bond acceptors (Lipinski definition) is 2. The van der Waals surface area contributed by atoms with Crippen molar-refractivity contribution in [2.45, 2.75) is 24.7 Å². The van der Waals surface area contributed by atoms with E-state index in [4.69, 9.17) is 4.74 Å². The largest absolute Gasteiger partial charge is 0.496 e. The van der Waals surface area contributed by atoms with Crippen LogP contribution in [0.1, 0.15) is 35.2 Å². The van der Waals surface area contributed by atoms with Gasteiger partial charge in [0.25, 0.3) is 5.91 Å². The highest BCUT2D eigenvalue weighted by atomic mass is 16.5. The number of para-hydroxylation sites is 1. The van der Waals surface area contributed by atoms with E-state index in [1.807, 2.05) is 48.5 Å². The highest BCUT2D eigenvalue weighted by Gasteiger charge is 2.40. The number of nitrogens with one attached hydrogen (secondary N) is 1. The maximum atomic E-state index is 12.3.